The van der Waals surface area contributed by atoms with E-state index in [2.05, 4.69) is 15.8 Å². The first-order chi connectivity index (χ1) is 13.6. The van der Waals surface area contributed by atoms with Gasteiger partial charge in [0.05, 0.1) is 20.4 Å². The number of nitrogens with zero attached hydrogens (tertiary/aromatic N) is 1. The molecular formula is C20H25N3O4S. The summed E-state index contributed by atoms with van der Waals surface area (Å²) in [6.07, 6.45) is 4.42. The third kappa shape index (κ3) is 7.03. The van der Waals surface area contributed by atoms with Gasteiger partial charge in [0.25, 0.3) is 5.91 Å². The number of carbonyl (C=O) groups is 2. The number of methoxy groups -OCH3 is 2. The van der Waals surface area contributed by atoms with E-state index in [0.29, 0.717) is 30.0 Å². The van der Waals surface area contributed by atoms with Crippen molar-refractivity contribution < 1.29 is 19.1 Å². The van der Waals surface area contributed by atoms with Crippen molar-refractivity contribution in [1.29, 1.82) is 0 Å². The summed E-state index contributed by atoms with van der Waals surface area (Å²) >= 11 is 1.56. The van der Waals surface area contributed by atoms with Gasteiger partial charge in [-0.15, -0.1) is 11.3 Å². The first kappa shape index (κ1) is 21.4. The van der Waals surface area contributed by atoms with E-state index < -0.39 is 0 Å². The molecule has 7 nitrogen and oxygen atoms in total. The van der Waals surface area contributed by atoms with Crippen LogP contribution in [0.5, 0.6) is 11.5 Å². The third-order valence-corrected chi connectivity index (χ3v) is 4.74. The van der Waals surface area contributed by atoms with E-state index in [1.54, 1.807) is 42.9 Å². The Hall–Kier alpha value is -2.87. The van der Waals surface area contributed by atoms with Gasteiger partial charge in [-0.3, -0.25) is 9.59 Å². The Balaban J connectivity index is 1.59. The van der Waals surface area contributed by atoms with Crippen LogP contribution in [0.4, 0.5) is 0 Å². The summed E-state index contributed by atoms with van der Waals surface area (Å²) in [7, 11) is 3.08. The fraction of sp³-hybridized carbons (Fsp3) is 0.350. The lowest BCUT2D eigenvalue weighted by atomic mass is 10.1. The van der Waals surface area contributed by atoms with Crippen molar-refractivity contribution in [2.24, 2.45) is 5.10 Å². The molecule has 8 heteroatoms. The van der Waals surface area contributed by atoms with Gasteiger partial charge in [0, 0.05) is 23.4 Å². The van der Waals surface area contributed by atoms with Crippen molar-refractivity contribution >= 4 is 29.4 Å². The van der Waals surface area contributed by atoms with Gasteiger partial charge in [-0.05, 0) is 42.5 Å². The summed E-state index contributed by atoms with van der Waals surface area (Å²) in [6, 6.07) is 8.90. The SMILES string of the molecule is COc1ccc(C(=O)NCCCCCC(=O)N/N=C/c2cccs2)cc1OC. The Morgan fingerprint density at radius 2 is 1.93 bits per heavy atom. The summed E-state index contributed by atoms with van der Waals surface area (Å²) in [5.74, 6) is 0.823. The second-order valence-electron chi connectivity index (χ2n) is 5.94. The van der Waals surface area contributed by atoms with Gasteiger partial charge in [-0.2, -0.15) is 5.10 Å². The summed E-state index contributed by atoms with van der Waals surface area (Å²) in [5.41, 5.74) is 3.03. The lowest BCUT2D eigenvalue weighted by molar-refractivity contribution is -0.121. The highest BCUT2D eigenvalue weighted by Crippen LogP contribution is 2.27. The molecule has 0 spiro atoms. The molecule has 0 unspecified atom stereocenters. The van der Waals surface area contributed by atoms with Crippen LogP contribution in [0, 0.1) is 0 Å². The Morgan fingerprint density at radius 3 is 2.64 bits per heavy atom. The number of thiophene rings is 1. The first-order valence-electron chi connectivity index (χ1n) is 8.99. The zero-order chi connectivity index (χ0) is 20.2. The maximum absolute atomic E-state index is 12.2. The maximum atomic E-state index is 12.2. The number of ether oxygens (including phenoxy) is 2. The molecule has 28 heavy (non-hydrogen) atoms. The minimum atomic E-state index is -0.165. The number of hydrogen-bond donors (Lipinski definition) is 2. The van der Waals surface area contributed by atoms with Crippen LogP contribution in [0.15, 0.2) is 40.8 Å². The topological polar surface area (TPSA) is 89.0 Å². The summed E-state index contributed by atoms with van der Waals surface area (Å²) in [5, 5.41) is 8.74. The molecule has 2 rings (SSSR count). The van der Waals surface area contributed by atoms with Crippen molar-refractivity contribution in [2.75, 3.05) is 20.8 Å². The molecule has 0 radical (unpaired) electrons. The number of nitrogens with one attached hydrogen (secondary N) is 2. The number of hydrogen-bond acceptors (Lipinski definition) is 6. The molecule has 150 valence electrons. The smallest absolute Gasteiger partial charge is 0.251 e. The molecule has 0 aliphatic rings. The molecule has 1 heterocycles. The molecule has 0 saturated carbocycles. The second-order valence-corrected chi connectivity index (χ2v) is 6.92. The minimum absolute atomic E-state index is 0.109. The highest BCUT2D eigenvalue weighted by atomic mass is 32.1. The van der Waals surface area contributed by atoms with Crippen molar-refractivity contribution in [3.8, 4) is 11.5 Å². The van der Waals surface area contributed by atoms with Crippen LogP contribution < -0.4 is 20.2 Å². The average Bonchev–Trinajstić information content (AvgIpc) is 3.23. The fourth-order valence-electron chi connectivity index (χ4n) is 2.46. The van der Waals surface area contributed by atoms with Crippen LogP contribution in [0.3, 0.4) is 0 Å². The lowest BCUT2D eigenvalue weighted by Crippen LogP contribution is -2.24. The van der Waals surface area contributed by atoms with Crippen LogP contribution in [0.2, 0.25) is 0 Å². The Bertz CT molecular complexity index is 791. The van der Waals surface area contributed by atoms with E-state index in [0.717, 1.165) is 24.1 Å². The van der Waals surface area contributed by atoms with Crippen LogP contribution in [-0.4, -0.2) is 38.8 Å². The average molecular weight is 404 g/mol. The largest absolute Gasteiger partial charge is 0.493 e. The van der Waals surface area contributed by atoms with Gasteiger partial charge in [-0.25, -0.2) is 5.43 Å². The number of benzene rings is 1. The predicted octanol–water partition coefficient (Wildman–Crippen LogP) is 3.21. The fourth-order valence-corrected chi connectivity index (χ4v) is 3.04. The first-order valence-corrected chi connectivity index (χ1v) is 9.87. The van der Waals surface area contributed by atoms with Gasteiger partial charge in [0.1, 0.15) is 0 Å². The number of carbonyl (C=O) groups excluding carboxylic acids is 2. The highest BCUT2D eigenvalue weighted by molar-refractivity contribution is 7.11. The van der Waals surface area contributed by atoms with Crippen LogP contribution in [0.25, 0.3) is 0 Å². The van der Waals surface area contributed by atoms with E-state index in [4.69, 9.17) is 9.47 Å². The van der Waals surface area contributed by atoms with E-state index in [-0.39, 0.29) is 11.8 Å². The van der Waals surface area contributed by atoms with Crippen molar-refractivity contribution in [2.45, 2.75) is 25.7 Å². The van der Waals surface area contributed by atoms with Crippen molar-refractivity contribution in [3.05, 3.63) is 46.2 Å². The molecule has 2 N–H and O–H groups in total. The standard InChI is InChI=1S/C20H25N3O4S/c1-26-17-10-9-15(13-18(17)27-2)20(25)21-11-5-3-4-8-19(24)23-22-14-16-7-6-12-28-16/h6-7,9-10,12-14H,3-5,8,11H2,1-2H3,(H,21,25)(H,23,24)/b22-14+. The third-order valence-electron chi connectivity index (χ3n) is 3.94. The highest BCUT2D eigenvalue weighted by Gasteiger charge is 2.10. The molecule has 2 amide bonds. The summed E-state index contributed by atoms with van der Waals surface area (Å²) in [4.78, 5) is 24.9. The monoisotopic (exact) mass is 403 g/mol. The molecule has 0 bridgehead atoms. The van der Waals surface area contributed by atoms with E-state index in [1.165, 1.54) is 7.11 Å². The van der Waals surface area contributed by atoms with E-state index >= 15 is 0 Å². The van der Waals surface area contributed by atoms with Gasteiger partial charge >= 0.3 is 0 Å². The summed E-state index contributed by atoms with van der Waals surface area (Å²) in [6.45, 7) is 0.547. The molecular weight excluding hydrogens is 378 g/mol. The summed E-state index contributed by atoms with van der Waals surface area (Å²) < 4.78 is 10.4. The van der Waals surface area contributed by atoms with Gasteiger partial charge in [0.2, 0.25) is 5.91 Å². The molecule has 1 aromatic heterocycles. The predicted molar refractivity (Wildman–Crippen MR) is 110 cm³/mol. The molecule has 0 aliphatic carbocycles. The molecule has 0 atom stereocenters. The van der Waals surface area contributed by atoms with Crippen molar-refractivity contribution in [3.63, 3.8) is 0 Å². The Labute approximate surface area is 168 Å². The van der Waals surface area contributed by atoms with Crippen LogP contribution in [0.1, 0.15) is 40.9 Å². The number of rotatable bonds is 11. The molecule has 0 saturated heterocycles. The van der Waals surface area contributed by atoms with Crippen molar-refractivity contribution in [1.82, 2.24) is 10.7 Å². The number of unbranched alkanes of at least 4 members (excludes halogenated alkanes) is 2. The Morgan fingerprint density at radius 1 is 1.11 bits per heavy atom. The number of amides is 2. The van der Waals surface area contributed by atoms with Gasteiger partial charge in [0.15, 0.2) is 11.5 Å². The molecule has 0 aliphatic heterocycles. The van der Waals surface area contributed by atoms with E-state index in [1.807, 2.05) is 17.5 Å². The Kier molecular flexibility index (Phi) is 9.00. The minimum Gasteiger partial charge on any atom is -0.493 e. The normalized spacial score (nSPS) is 10.6. The molecule has 0 fully saturated rings. The quantitative estimate of drug-likeness (QED) is 0.343. The zero-order valence-electron chi connectivity index (χ0n) is 16.1. The van der Waals surface area contributed by atoms with Crippen LogP contribution in [-0.2, 0) is 4.79 Å². The lowest BCUT2D eigenvalue weighted by Gasteiger charge is -2.10. The van der Waals surface area contributed by atoms with Gasteiger partial charge in [-0.1, -0.05) is 12.5 Å². The molecule has 2 aromatic rings. The number of hydrazone groups is 1. The second kappa shape index (κ2) is 11.8. The van der Waals surface area contributed by atoms with E-state index in [9.17, 15) is 9.59 Å². The van der Waals surface area contributed by atoms with Gasteiger partial charge < -0.3 is 14.8 Å². The molecule has 1 aromatic carbocycles. The zero-order valence-corrected chi connectivity index (χ0v) is 16.9. The van der Waals surface area contributed by atoms with Crippen LogP contribution >= 0.6 is 11.3 Å². The maximum Gasteiger partial charge on any atom is 0.251 e.